The van der Waals surface area contributed by atoms with Crippen LogP contribution in [0.3, 0.4) is 0 Å². The Bertz CT molecular complexity index is 557. The molecule has 116 valence electrons. The van der Waals surface area contributed by atoms with Crippen LogP contribution in [0.25, 0.3) is 0 Å². The van der Waals surface area contributed by atoms with E-state index >= 15 is 0 Å². The van der Waals surface area contributed by atoms with Crippen LogP contribution in [0.1, 0.15) is 56.0 Å². The van der Waals surface area contributed by atoms with Gasteiger partial charge in [0.25, 0.3) is 0 Å². The molecule has 1 aromatic rings. The maximum Gasteiger partial charge on any atom is 0.309 e. The number of hydrogen-bond donors (Lipinski definition) is 2. The summed E-state index contributed by atoms with van der Waals surface area (Å²) in [6.07, 6.45) is 0. The third kappa shape index (κ3) is 4.88. The highest BCUT2D eigenvalue weighted by Gasteiger charge is 2.22. The summed E-state index contributed by atoms with van der Waals surface area (Å²) in [5.74, 6) is -1.20. The number of nitrogens with one attached hydrogen (secondary N) is 2. The van der Waals surface area contributed by atoms with E-state index in [1.165, 1.54) is 11.1 Å². The number of rotatable bonds is 2. The molecule has 0 heterocycles. The van der Waals surface area contributed by atoms with Gasteiger partial charge in [-0.3, -0.25) is 9.59 Å². The number of aryl methyl sites for hydroxylation is 3. The predicted octanol–water partition coefficient (Wildman–Crippen LogP) is 2.70. The van der Waals surface area contributed by atoms with Gasteiger partial charge in [0.2, 0.25) is 0 Å². The van der Waals surface area contributed by atoms with Gasteiger partial charge in [0, 0.05) is 5.54 Å². The first kappa shape index (κ1) is 17.2. The largest absolute Gasteiger partial charge is 0.343 e. The first-order chi connectivity index (χ1) is 9.51. The van der Waals surface area contributed by atoms with E-state index in [0.717, 1.165) is 11.1 Å². The van der Waals surface area contributed by atoms with Gasteiger partial charge in [-0.05, 0) is 70.7 Å². The van der Waals surface area contributed by atoms with E-state index < -0.39 is 17.4 Å². The average molecular weight is 290 g/mol. The second kappa shape index (κ2) is 6.29. The van der Waals surface area contributed by atoms with Crippen LogP contribution in [0.15, 0.2) is 12.1 Å². The lowest BCUT2D eigenvalue weighted by atomic mass is 9.96. The Kier molecular flexibility index (Phi) is 5.15. The summed E-state index contributed by atoms with van der Waals surface area (Å²) in [7, 11) is 0. The molecule has 0 fully saturated rings. The third-order valence-electron chi connectivity index (χ3n) is 3.39. The van der Waals surface area contributed by atoms with E-state index in [4.69, 9.17) is 0 Å². The lowest BCUT2D eigenvalue weighted by Gasteiger charge is -2.22. The fraction of sp³-hybridized carbons (Fsp3) is 0.529. The molecule has 0 radical (unpaired) electrons. The Morgan fingerprint density at radius 2 is 1.48 bits per heavy atom. The molecule has 0 bridgehead atoms. The van der Waals surface area contributed by atoms with E-state index in [2.05, 4.69) is 29.7 Å². The maximum absolute atomic E-state index is 11.9. The SMILES string of the molecule is Cc1cc(C)c([C@H](C)NC(=O)C(=O)NC(C)(C)C)cc1C. The second-order valence-electron chi connectivity index (χ2n) is 6.69. The van der Waals surface area contributed by atoms with Crippen LogP contribution in [0.4, 0.5) is 0 Å². The minimum Gasteiger partial charge on any atom is -0.343 e. The summed E-state index contributed by atoms with van der Waals surface area (Å²) in [5.41, 5.74) is 4.13. The first-order valence-corrected chi connectivity index (χ1v) is 7.22. The van der Waals surface area contributed by atoms with Crippen molar-refractivity contribution in [2.24, 2.45) is 0 Å². The van der Waals surface area contributed by atoms with Gasteiger partial charge in [-0.15, -0.1) is 0 Å². The molecule has 0 saturated heterocycles. The summed E-state index contributed by atoms with van der Waals surface area (Å²) in [6.45, 7) is 13.5. The Labute approximate surface area is 127 Å². The first-order valence-electron chi connectivity index (χ1n) is 7.22. The topological polar surface area (TPSA) is 58.2 Å². The Morgan fingerprint density at radius 1 is 0.952 bits per heavy atom. The molecule has 0 saturated carbocycles. The van der Waals surface area contributed by atoms with Gasteiger partial charge in [-0.2, -0.15) is 0 Å². The zero-order valence-corrected chi connectivity index (χ0v) is 14.0. The van der Waals surface area contributed by atoms with Crippen molar-refractivity contribution in [2.45, 2.75) is 60.0 Å². The van der Waals surface area contributed by atoms with Crippen molar-refractivity contribution in [2.75, 3.05) is 0 Å². The van der Waals surface area contributed by atoms with Crippen LogP contribution >= 0.6 is 0 Å². The van der Waals surface area contributed by atoms with Crippen molar-refractivity contribution in [1.29, 1.82) is 0 Å². The molecule has 0 aliphatic rings. The van der Waals surface area contributed by atoms with E-state index in [1.807, 2.05) is 41.5 Å². The van der Waals surface area contributed by atoms with Crippen LogP contribution in [0.2, 0.25) is 0 Å². The fourth-order valence-electron chi connectivity index (χ4n) is 2.19. The molecule has 4 nitrogen and oxygen atoms in total. The molecule has 0 aliphatic carbocycles. The molecule has 0 aliphatic heterocycles. The molecular weight excluding hydrogens is 264 g/mol. The number of benzene rings is 1. The molecule has 0 unspecified atom stereocenters. The van der Waals surface area contributed by atoms with Crippen molar-refractivity contribution in [1.82, 2.24) is 10.6 Å². The smallest absolute Gasteiger partial charge is 0.309 e. The Hall–Kier alpha value is -1.84. The molecule has 21 heavy (non-hydrogen) atoms. The number of hydrogen-bond acceptors (Lipinski definition) is 2. The zero-order valence-electron chi connectivity index (χ0n) is 14.0. The molecule has 0 aromatic heterocycles. The molecule has 1 aromatic carbocycles. The third-order valence-corrected chi connectivity index (χ3v) is 3.39. The van der Waals surface area contributed by atoms with Gasteiger partial charge >= 0.3 is 11.8 Å². The van der Waals surface area contributed by atoms with Crippen LogP contribution in [-0.2, 0) is 9.59 Å². The highest BCUT2D eigenvalue weighted by atomic mass is 16.2. The lowest BCUT2D eigenvalue weighted by molar-refractivity contribution is -0.140. The zero-order chi connectivity index (χ0) is 16.4. The normalized spacial score (nSPS) is 12.7. The van der Waals surface area contributed by atoms with Crippen molar-refractivity contribution < 1.29 is 9.59 Å². The van der Waals surface area contributed by atoms with Crippen molar-refractivity contribution >= 4 is 11.8 Å². The summed E-state index contributed by atoms with van der Waals surface area (Å²) in [6, 6.07) is 3.96. The molecule has 2 amide bonds. The van der Waals surface area contributed by atoms with E-state index in [-0.39, 0.29) is 6.04 Å². The Morgan fingerprint density at radius 3 is 2.00 bits per heavy atom. The molecule has 1 rings (SSSR count). The van der Waals surface area contributed by atoms with Gasteiger partial charge in [0.15, 0.2) is 0 Å². The number of carbonyl (C=O) groups excluding carboxylic acids is 2. The van der Waals surface area contributed by atoms with Crippen LogP contribution in [0, 0.1) is 20.8 Å². The second-order valence-corrected chi connectivity index (χ2v) is 6.69. The van der Waals surface area contributed by atoms with E-state index in [9.17, 15) is 9.59 Å². The minimum atomic E-state index is -0.602. The monoisotopic (exact) mass is 290 g/mol. The van der Waals surface area contributed by atoms with Gasteiger partial charge in [-0.1, -0.05) is 12.1 Å². The van der Waals surface area contributed by atoms with Gasteiger partial charge in [-0.25, -0.2) is 0 Å². The van der Waals surface area contributed by atoms with Crippen LogP contribution in [-0.4, -0.2) is 17.4 Å². The maximum atomic E-state index is 11.9. The highest BCUT2D eigenvalue weighted by molar-refractivity contribution is 6.35. The van der Waals surface area contributed by atoms with E-state index in [1.54, 1.807) is 0 Å². The van der Waals surface area contributed by atoms with Crippen molar-refractivity contribution in [3.05, 3.63) is 34.4 Å². The molecule has 0 spiro atoms. The number of carbonyl (C=O) groups is 2. The summed E-state index contributed by atoms with van der Waals surface area (Å²) >= 11 is 0. The Balaban J connectivity index is 2.82. The molecule has 1 atom stereocenters. The van der Waals surface area contributed by atoms with Crippen LogP contribution in [0.5, 0.6) is 0 Å². The van der Waals surface area contributed by atoms with Crippen LogP contribution < -0.4 is 10.6 Å². The quantitative estimate of drug-likeness (QED) is 0.823. The van der Waals surface area contributed by atoms with E-state index in [0.29, 0.717) is 0 Å². The van der Waals surface area contributed by atoms with Gasteiger partial charge < -0.3 is 10.6 Å². The number of amides is 2. The van der Waals surface area contributed by atoms with Gasteiger partial charge in [0.1, 0.15) is 0 Å². The van der Waals surface area contributed by atoms with Gasteiger partial charge in [0.05, 0.1) is 6.04 Å². The fourth-order valence-corrected chi connectivity index (χ4v) is 2.19. The molecule has 2 N–H and O–H groups in total. The van der Waals surface area contributed by atoms with Crippen molar-refractivity contribution in [3.8, 4) is 0 Å². The van der Waals surface area contributed by atoms with Crippen molar-refractivity contribution in [3.63, 3.8) is 0 Å². The average Bonchev–Trinajstić information content (AvgIpc) is 2.31. The minimum absolute atomic E-state index is 0.206. The highest BCUT2D eigenvalue weighted by Crippen LogP contribution is 2.21. The molecular formula is C17H26N2O2. The predicted molar refractivity (Wildman–Crippen MR) is 85.1 cm³/mol. The lowest BCUT2D eigenvalue weighted by Crippen LogP contribution is -2.48. The molecule has 4 heteroatoms. The summed E-state index contributed by atoms with van der Waals surface area (Å²) in [5, 5.41) is 5.41. The summed E-state index contributed by atoms with van der Waals surface area (Å²) < 4.78 is 0. The summed E-state index contributed by atoms with van der Waals surface area (Å²) in [4.78, 5) is 23.8. The standard InChI is InChI=1S/C17H26N2O2/c1-10-8-12(3)14(9-11(10)2)13(4)18-15(20)16(21)19-17(5,6)7/h8-9,13H,1-7H3,(H,18,20)(H,19,21)/t13-/m0/s1.